The number of hydrogen-bond donors (Lipinski definition) is 1. The summed E-state index contributed by atoms with van der Waals surface area (Å²) in [6.45, 7) is 10.2. The average Bonchev–Trinajstić information content (AvgIpc) is 2.29. The second-order valence-corrected chi connectivity index (χ2v) is 5.71. The highest BCUT2D eigenvalue weighted by Crippen LogP contribution is 2.36. The van der Waals surface area contributed by atoms with E-state index >= 15 is 0 Å². The standard InChI is InChI=1S/C12H21NO3/c1-7-8(2)10(15)13(9(7)14)11(3,4)12(5,6)16/h7-8,16H,1-6H3. The van der Waals surface area contributed by atoms with Gasteiger partial charge in [-0.25, -0.2) is 0 Å². The van der Waals surface area contributed by atoms with Crippen LogP contribution in [0.3, 0.4) is 0 Å². The molecule has 1 saturated heterocycles. The molecule has 0 spiro atoms. The summed E-state index contributed by atoms with van der Waals surface area (Å²) in [6.07, 6.45) is 0. The van der Waals surface area contributed by atoms with E-state index in [0.717, 1.165) is 0 Å². The Balaban J connectivity index is 3.16. The van der Waals surface area contributed by atoms with Crippen LogP contribution < -0.4 is 0 Å². The molecule has 0 aliphatic carbocycles. The summed E-state index contributed by atoms with van der Waals surface area (Å²) in [5.74, 6) is -0.975. The van der Waals surface area contributed by atoms with Crippen molar-refractivity contribution in [3.8, 4) is 0 Å². The smallest absolute Gasteiger partial charge is 0.233 e. The molecule has 4 nitrogen and oxygen atoms in total. The molecule has 1 rings (SSSR count). The van der Waals surface area contributed by atoms with Crippen molar-refractivity contribution >= 4 is 11.8 Å². The number of rotatable bonds is 2. The van der Waals surface area contributed by atoms with E-state index in [0.29, 0.717) is 0 Å². The lowest BCUT2D eigenvalue weighted by Crippen LogP contribution is -2.60. The second-order valence-electron chi connectivity index (χ2n) is 5.71. The van der Waals surface area contributed by atoms with Gasteiger partial charge in [-0.15, -0.1) is 0 Å². The van der Waals surface area contributed by atoms with Gasteiger partial charge in [0.1, 0.15) is 0 Å². The lowest BCUT2D eigenvalue weighted by atomic mass is 9.84. The molecule has 0 aromatic heterocycles. The number of carbonyl (C=O) groups excluding carboxylic acids is 2. The first-order chi connectivity index (χ1) is 7.01. The fraction of sp³-hybridized carbons (Fsp3) is 0.833. The van der Waals surface area contributed by atoms with E-state index in [9.17, 15) is 14.7 Å². The first kappa shape index (κ1) is 13.2. The van der Waals surface area contributed by atoms with Crippen LogP contribution in [0.2, 0.25) is 0 Å². The quantitative estimate of drug-likeness (QED) is 0.721. The molecule has 92 valence electrons. The van der Waals surface area contributed by atoms with Crippen LogP contribution in [0, 0.1) is 11.8 Å². The lowest BCUT2D eigenvalue weighted by Gasteiger charge is -2.43. The lowest BCUT2D eigenvalue weighted by molar-refractivity contribution is -0.157. The summed E-state index contributed by atoms with van der Waals surface area (Å²) >= 11 is 0. The van der Waals surface area contributed by atoms with Gasteiger partial charge in [-0.3, -0.25) is 14.5 Å². The van der Waals surface area contributed by atoms with E-state index in [1.54, 1.807) is 41.5 Å². The number of amides is 2. The van der Waals surface area contributed by atoms with Crippen LogP contribution in [-0.4, -0.2) is 33.0 Å². The monoisotopic (exact) mass is 227 g/mol. The van der Waals surface area contributed by atoms with E-state index in [2.05, 4.69) is 0 Å². The average molecular weight is 227 g/mol. The van der Waals surface area contributed by atoms with Gasteiger partial charge in [0.05, 0.1) is 11.1 Å². The van der Waals surface area contributed by atoms with Crippen LogP contribution in [0.1, 0.15) is 41.5 Å². The Bertz CT molecular complexity index is 308. The van der Waals surface area contributed by atoms with Crippen molar-refractivity contribution < 1.29 is 14.7 Å². The summed E-state index contributed by atoms with van der Waals surface area (Å²) in [6, 6.07) is 0. The number of imide groups is 1. The second kappa shape index (κ2) is 3.55. The predicted molar refractivity (Wildman–Crippen MR) is 60.6 cm³/mol. The molecule has 0 aromatic rings. The molecule has 1 heterocycles. The first-order valence-corrected chi connectivity index (χ1v) is 5.62. The summed E-state index contributed by atoms with van der Waals surface area (Å²) < 4.78 is 0. The molecule has 1 aliphatic rings. The molecule has 2 atom stereocenters. The van der Waals surface area contributed by atoms with Crippen molar-refractivity contribution in [2.45, 2.75) is 52.7 Å². The third-order valence-electron chi connectivity index (χ3n) is 4.03. The normalized spacial score (nSPS) is 27.8. The number of aliphatic hydroxyl groups is 1. The Morgan fingerprint density at radius 1 is 1.00 bits per heavy atom. The van der Waals surface area contributed by atoms with Crippen LogP contribution >= 0.6 is 0 Å². The van der Waals surface area contributed by atoms with Gasteiger partial charge >= 0.3 is 0 Å². The number of nitrogens with zero attached hydrogens (tertiary/aromatic N) is 1. The maximum absolute atomic E-state index is 12.0. The number of hydrogen-bond acceptors (Lipinski definition) is 3. The van der Waals surface area contributed by atoms with Gasteiger partial charge in [-0.2, -0.15) is 0 Å². The molecule has 0 aromatic carbocycles. The first-order valence-electron chi connectivity index (χ1n) is 5.62. The molecular weight excluding hydrogens is 206 g/mol. The number of likely N-dealkylation sites (tertiary alicyclic amines) is 1. The van der Waals surface area contributed by atoms with E-state index in [-0.39, 0.29) is 23.7 Å². The predicted octanol–water partition coefficient (Wildman–Crippen LogP) is 1.18. The van der Waals surface area contributed by atoms with Gasteiger partial charge in [-0.1, -0.05) is 13.8 Å². The van der Waals surface area contributed by atoms with Crippen LogP contribution in [0.4, 0.5) is 0 Å². The van der Waals surface area contributed by atoms with Gasteiger partial charge in [0.2, 0.25) is 11.8 Å². The molecule has 1 N–H and O–H groups in total. The van der Waals surface area contributed by atoms with Crippen molar-refractivity contribution in [3.05, 3.63) is 0 Å². The molecule has 16 heavy (non-hydrogen) atoms. The summed E-state index contributed by atoms with van der Waals surface area (Å²) in [5, 5.41) is 10.1. The van der Waals surface area contributed by atoms with E-state index < -0.39 is 11.1 Å². The Hall–Kier alpha value is -0.900. The molecule has 0 radical (unpaired) electrons. The third-order valence-corrected chi connectivity index (χ3v) is 4.03. The highest BCUT2D eigenvalue weighted by molar-refractivity contribution is 6.05. The van der Waals surface area contributed by atoms with Gasteiger partial charge in [0.15, 0.2) is 0 Å². The minimum absolute atomic E-state index is 0.190. The summed E-state index contributed by atoms with van der Waals surface area (Å²) in [5.41, 5.74) is -2.01. The van der Waals surface area contributed by atoms with Gasteiger partial charge in [-0.05, 0) is 27.7 Å². The Kier molecular flexibility index (Phi) is 2.92. The minimum atomic E-state index is -1.12. The molecule has 2 amide bonds. The van der Waals surface area contributed by atoms with Crippen LogP contribution in [0.15, 0.2) is 0 Å². The molecule has 1 aliphatic heterocycles. The Morgan fingerprint density at radius 3 is 1.56 bits per heavy atom. The zero-order valence-electron chi connectivity index (χ0n) is 10.9. The molecule has 0 saturated carbocycles. The maximum Gasteiger partial charge on any atom is 0.233 e. The highest BCUT2D eigenvalue weighted by atomic mass is 16.3. The highest BCUT2D eigenvalue weighted by Gasteiger charge is 2.53. The third kappa shape index (κ3) is 1.65. The zero-order valence-corrected chi connectivity index (χ0v) is 10.9. The maximum atomic E-state index is 12.0. The van der Waals surface area contributed by atoms with E-state index in [1.807, 2.05) is 0 Å². The van der Waals surface area contributed by atoms with Crippen molar-refractivity contribution in [1.82, 2.24) is 4.90 Å². The molecular formula is C12H21NO3. The molecule has 2 unspecified atom stereocenters. The zero-order chi connectivity index (χ0) is 12.9. The Labute approximate surface area is 96.6 Å². The topological polar surface area (TPSA) is 57.6 Å². The van der Waals surface area contributed by atoms with Crippen molar-refractivity contribution in [2.75, 3.05) is 0 Å². The molecule has 1 fully saturated rings. The van der Waals surface area contributed by atoms with Crippen molar-refractivity contribution in [2.24, 2.45) is 11.8 Å². The summed E-state index contributed by atoms with van der Waals surface area (Å²) in [4.78, 5) is 25.3. The van der Waals surface area contributed by atoms with Gasteiger partial charge in [0, 0.05) is 11.8 Å². The summed E-state index contributed by atoms with van der Waals surface area (Å²) in [7, 11) is 0. The van der Waals surface area contributed by atoms with Crippen molar-refractivity contribution in [3.63, 3.8) is 0 Å². The number of carbonyl (C=O) groups is 2. The van der Waals surface area contributed by atoms with E-state index in [4.69, 9.17) is 0 Å². The minimum Gasteiger partial charge on any atom is -0.388 e. The van der Waals surface area contributed by atoms with Gasteiger partial charge in [0.25, 0.3) is 0 Å². The van der Waals surface area contributed by atoms with E-state index in [1.165, 1.54) is 4.90 Å². The largest absolute Gasteiger partial charge is 0.388 e. The molecule has 4 heteroatoms. The Morgan fingerprint density at radius 2 is 1.31 bits per heavy atom. The SMILES string of the molecule is CC1C(=O)N(C(C)(C)C(C)(C)O)C(=O)C1C. The van der Waals surface area contributed by atoms with Gasteiger partial charge < -0.3 is 5.11 Å². The van der Waals surface area contributed by atoms with Crippen LogP contribution in [0.5, 0.6) is 0 Å². The van der Waals surface area contributed by atoms with Crippen LogP contribution in [0.25, 0.3) is 0 Å². The fourth-order valence-corrected chi connectivity index (χ4v) is 1.77. The van der Waals surface area contributed by atoms with Crippen molar-refractivity contribution in [1.29, 1.82) is 0 Å². The molecule has 0 bridgehead atoms. The van der Waals surface area contributed by atoms with Crippen LogP contribution in [-0.2, 0) is 9.59 Å². The fourth-order valence-electron chi connectivity index (χ4n) is 1.77.